The molecule has 1 saturated heterocycles. The summed E-state index contributed by atoms with van der Waals surface area (Å²) in [7, 11) is 0. The topological polar surface area (TPSA) is 102 Å². The first-order valence-corrected chi connectivity index (χ1v) is 9.36. The Balaban J connectivity index is 1.63. The molecule has 7 nitrogen and oxygen atoms in total. The molecule has 2 atom stereocenters. The van der Waals surface area contributed by atoms with Crippen molar-refractivity contribution in [1.82, 2.24) is 4.98 Å². The normalized spacial score (nSPS) is 28.8. The monoisotopic (exact) mass is 383 g/mol. The Hall–Kier alpha value is -2.79. The fraction of sp³-hybridized carbons (Fsp3) is 0.421. The van der Waals surface area contributed by atoms with Crippen LogP contribution >= 0.6 is 11.3 Å². The third-order valence-corrected chi connectivity index (χ3v) is 7.28. The van der Waals surface area contributed by atoms with Gasteiger partial charge in [0.2, 0.25) is 11.3 Å². The van der Waals surface area contributed by atoms with Crippen LogP contribution < -0.4 is 0 Å². The van der Waals surface area contributed by atoms with Crippen molar-refractivity contribution in [2.24, 2.45) is 16.0 Å². The van der Waals surface area contributed by atoms with E-state index in [2.05, 4.69) is 10.1 Å². The van der Waals surface area contributed by atoms with Gasteiger partial charge in [-0.3, -0.25) is 4.79 Å². The van der Waals surface area contributed by atoms with E-state index in [1.807, 2.05) is 51.1 Å². The van der Waals surface area contributed by atoms with E-state index in [-0.39, 0.29) is 5.71 Å². The molecule has 2 aromatic rings. The summed E-state index contributed by atoms with van der Waals surface area (Å²) in [6.07, 6.45) is 0.917. The van der Waals surface area contributed by atoms with E-state index in [1.165, 1.54) is 11.3 Å². The molecule has 2 heterocycles. The first kappa shape index (κ1) is 17.6. The molecule has 1 aromatic carbocycles. The molecular formula is C19H17N3O4S. The Labute approximate surface area is 159 Å². The molecule has 2 bridgehead atoms. The van der Waals surface area contributed by atoms with Crippen LogP contribution in [-0.2, 0) is 19.2 Å². The van der Waals surface area contributed by atoms with E-state index < -0.39 is 28.4 Å². The van der Waals surface area contributed by atoms with Gasteiger partial charge in [-0.25, -0.2) is 9.78 Å². The Bertz CT molecular complexity index is 1020. The zero-order valence-corrected chi connectivity index (χ0v) is 15.9. The summed E-state index contributed by atoms with van der Waals surface area (Å²) in [5, 5.41) is 13.5. The zero-order valence-electron chi connectivity index (χ0n) is 15.1. The number of rotatable bonds is 3. The second-order valence-corrected chi connectivity index (χ2v) is 8.62. The van der Waals surface area contributed by atoms with Crippen LogP contribution in [-0.4, -0.2) is 28.2 Å². The third kappa shape index (κ3) is 2.18. The van der Waals surface area contributed by atoms with Crippen LogP contribution in [0.2, 0.25) is 0 Å². The van der Waals surface area contributed by atoms with Crippen LogP contribution in [0.5, 0.6) is 0 Å². The number of ether oxygens (including phenoxy) is 1. The number of aromatic nitrogens is 1. The van der Waals surface area contributed by atoms with Crippen LogP contribution in [0, 0.1) is 22.2 Å². The number of nitrogens with zero attached hydrogens (tertiary/aromatic N) is 3. The maximum absolute atomic E-state index is 12.8. The number of benzene rings is 1. The van der Waals surface area contributed by atoms with Crippen LogP contribution in [0.1, 0.15) is 38.6 Å². The van der Waals surface area contributed by atoms with Gasteiger partial charge in [-0.05, 0) is 31.9 Å². The lowest BCUT2D eigenvalue weighted by atomic mass is 9.66. The SMILES string of the molecule is CC1(C)[C@@]2(C(=O)O/N=C(/C#N)c3nc4ccccc4s3)CC[C@]1(C)C(=O)O2. The molecule has 1 aliphatic carbocycles. The maximum Gasteiger partial charge on any atom is 0.378 e. The van der Waals surface area contributed by atoms with Crippen molar-refractivity contribution in [2.75, 3.05) is 0 Å². The minimum absolute atomic E-state index is 0.0937. The number of fused-ring (bicyclic) bond motifs is 3. The van der Waals surface area contributed by atoms with Crippen molar-refractivity contribution in [2.45, 2.75) is 39.2 Å². The van der Waals surface area contributed by atoms with Gasteiger partial charge >= 0.3 is 11.9 Å². The highest BCUT2D eigenvalue weighted by Gasteiger charge is 2.76. The first-order chi connectivity index (χ1) is 12.7. The molecule has 1 aliphatic heterocycles. The Morgan fingerprint density at radius 2 is 2.07 bits per heavy atom. The van der Waals surface area contributed by atoms with Crippen molar-refractivity contribution >= 4 is 39.2 Å². The summed E-state index contributed by atoms with van der Waals surface area (Å²) < 4.78 is 6.37. The number of carbonyl (C=O) groups is 2. The van der Waals surface area contributed by atoms with Gasteiger partial charge in [0.05, 0.1) is 15.6 Å². The van der Waals surface area contributed by atoms with Crippen molar-refractivity contribution in [1.29, 1.82) is 5.26 Å². The highest BCUT2D eigenvalue weighted by atomic mass is 32.1. The highest BCUT2D eigenvalue weighted by Crippen LogP contribution is 2.65. The van der Waals surface area contributed by atoms with Crippen LogP contribution in [0.15, 0.2) is 29.4 Å². The molecule has 2 aliphatic rings. The van der Waals surface area contributed by atoms with Gasteiger partial charge in [0.1, 0.15) is 6.07 Å². The van der Waals surface area contributed by atoms with Crippen molar-refractivity contribution in [3.63, 3.8) is 0 Å². The quantitative estimate of drug-likeness (QED) is 0.349. The van der Waals surface area contributed by atoms with Gasteiger partial charge in [-0.1, -0.05) is 31.1 Å². The second-order valence-electron chi connectivity index (χ2n) is 7.59. The van der Waals surface area contributed by atoms with Gasteiger partial charge in [-0.15, -0.1) is 11.3 Å². The molecular weight excluding hydrogens is 366 g/mol. The number of thiazole rings is 1. The van der Waals surface area contributed by atoms with Gasteiger partial charge in [0, 0.05) is 5.41 Å². The second kappa shape index (κ2) is 5.60. The lowest BCUT2D eigenvalue weighted by molar-refractivity contribution is -0.183. The first-order valence-electron chi connectivity index (χ1n) is 8.54. The van der Waals surface area contributed by atoms with E-state index in [4.69, 9.17) is 9.57 Å². The summed E-state index contributed by atoms with van der Waals surface area (Å²) in [4.78, 5) is 34.5. The van der Waals surface area contributed by atoms with E-state index in [0.29, 0.717) is 17.8 Å². The molecule has 2 fully saturated rings. The Morgan fingerprint density at radius 3 is 2.67 bits per heavy atom. The fourth-order valence-electron chi connectivity index (χ4n) is 3.94. The molecule has 0 amide bonds. The molecule has 1 saturated carbocycles. The number of para-hydroxylation sites is 1. The van der Waals surface area contributed by atoms with Crippen molar-refractivity contribution in [3.05, 3.63) is 29.3 Å². The van der Waals surface area contributed by atoms with E-state index in [1.54, 1.807) is 0 Å². The summed E-state index contributed by atoms with van der Waals surface area (Å²) in [6.45, 7) is 5.46. The average Bonchev–Trinajstić information content (AvgIpc) is 3.20. The van der Waals surface area contributed by atoms with Crippen molar-refractivity contribution < 1.29 is 19.2 Å². The number of carbonyl (C=O) groups excluding carboxylic acids is 2. The number of oxime groups is 1. The standard InChI is InChI=1S/C19H17N3O4S/c1-17(2)18(3)8-9-19(17,25-15(18)23)16(24)26-22-12(10-20)14-21-11-6-4-5-7-13(11)27-14/h4-7H,8-9H2,1-3H3/b22-12-/t18-,19+/m1/s1. The Kier molecular flexibility index (Phi) is 3.65. The molecule has 4 rings (SSSR count). The summed E-state index contributed by atoms with van der Waals surface area (Å²) in [5.74, 6) is -1.15. The predicted octanol–water partition coefficient (Wildman–Crippen LogP) is 3.19. The average molecular weight is 383 g/mol. The molecule has 8 heteroatoms. The van der Waals surface area contributed by atoms with E-state index in [0.717, 1.165) is 10.2 Å². The molecule has 138 valence electrons. The summed E-state index contributed by atoms with van der Waals surface area (Å²) in [5.41, 5.74) is -2.20. The smallest absolute Gasteiger partial charge is 0.378 e. The number of esters is 1. The minimum atomic E-state index is -1.38. The highest BCUT2D eigenvalue weighted by molar-refractivity contribution is 7.20. The zero-order chi connectivity index (χ0) is 19.4. The van der Waals surface area contributed by atoms with Crippen LogP contribution in [0.25, 0.3) is 10.2 Å². The van der Waals surface area contributed by atoms with Gasteiger partial charge in [0.25, 0.3) is 0 Å². The van der Waals surface area contributed by atoms with Gasteiger partial charge < -0.3 is 9.57 Å². The summed E-state index contributed by atoms with van der Waals surface area (Å²) in [6, 6.07) is 9.35. The van der Waals surface area contributed by atoms with E-state index in [9.17, 15) is 14.9 Å². The van der Waals surface area contributed by atoms with E-state index >= 15 is 0 Å². The maximum atomic E-state index is 12.8. The molecule has 1 aromatic heterocycles. The predicted molar refractivity (Wildman–Crippen MR) is 97.8 cm³/mol. The largest absolute Gasteiger partial charge is 0.446 e. The van der Waals surface area contributed by atoms with Crippen LogP contribution in [0.4, 0.5) is 0 Å². The molecule has 27 heavy (non-hydrogen) atoms. The Morgan fingerprint density at radius 1 is 1.33 bits per heavy atom. The molecule has 0 spiro atoms. The van der Waals surface area contributed by atoms with Gasteiger partial charge in [-0.2, -0.15) is 5.26 Å². The number of hydrogen-bond donors (Lipinski definition) is 0. The summed E-state index contributed by atoms with van der Waals surface area (Å²) >= 11 is 1.29. The molecule has 0 N–H and O–H groups in total. The van der Waals surface area contributed by atoms with Crippen LogP contribution in [0.3, 0.4) is 0 Å². The fourth-order valence-corrected chi connectivity index (χ4v) is 4.84. The molecule has 0 radical (unpaired) electrons. The lowest BCUT2D eigenvalue weighted by Gasteiger charge is -2.33. The number of hydrogen-bond acceptors (Lipinski definition) is 8. The minimum Gasteiger partial charge on any atom is -0.446 e. The molecule has 0 unspecified atom stereocenters. The third-order valence-electron chi connectivity index (χ3n) is 6.24. The number of nitriles is 1. The van der Waals surface area contributed by atoms with Crippen molar-refractivity contribution in [3.8, 4) is 6.07 Å². The lowest BCUT2D eigenvalue weighted by Crippen LogP contribution is -2.48. The van der Waals surface area contributed by atoms with Gasteiger partial charge in [0.15, 0.2) is 5.01 Å².